The minimum atomic E-state index is -0.975. The van der Waals surface area contributed by atoms with Crippen LogP contribution in [-0.2, 0) is 4.79 Å². The maximum atomic E-state index is 13.8. The van der Waals surface area contributed by atoms with Gasteiger partial charge in [0.15, 0.2) is 5.82 Å². The summed E-state index contributed by atoms with van der Waals surface area (Å²) in [4.78, 5) is 10.8. The standard InChI is InChI=1S/C17H18F2N4O2S/c18-13-7-6-12(14(19)8-13)9-20-23-16(11-4-2-1-3-5-11)21-22-17(23)26-10-15(24)25/h6-9,11H,1-5,10H2,(H,24,25)/b20-9-. The Labute approximate surface area is 153 Å². The van der Waals surface area contributed by atoms with E-state index in [2.05, 4.69) is 15.3 Å². The van der Waals surface area contributed by atoms with Crippen LogP contribution in [0.1, 0.15) is 49.4 Å². The first-order valence-corrected chi connectivity index (χ1v) is 9.32. The number of carboxylic acids is 1. The molecule has 1 fully saturated rings. The van der Waals surface area contributed by atoms with Crippen molar-refractivity contribution < 1.29 is 18.7 Å². The lowest BCUT2D eigenvalue weighted by molar-refractivity contribution is -0.133. The van der Waals surface area contributed by atoms with Crippen LogP contribution in [0, 0.1) is 11.6 Å². The van der Waals surface area contributed by atoms with Gasteiger partial charge in [-0.2, -0.15) is 9.78 Å². The molecule has 6 nitrogen and oxygen atoms in total. The minimum absolute atomic E-state index is 0.129. The molecule has 0 aliphatic heterocycles. The van der Waals surface area contributed by atoms with E-state index in [9.17, 15) is 13.6 Å². The molecule has 1 aliphatic carbocycles. The third kappa shape index (κ3) is 4.46. The van der Waals surface area contributed by atoms with Gasteiger partial charge < -0.3 is 5.11 Å². The minimum Gasteiger partial charge on any atom is -0.481 e. The maximum absolute atomic E-state index is 13.8. The van der Waals surface area contributed by atoms with Crippen molar-refractivity contribution >= 4 is 23.9 Å². The summed E-state index contributed by atoms with van der Waals surface area (Å²) in [6, 6.07) is 3.23. The summed E-state index contributed by atoms with van der Waals surface area (Å²) in [7, 11) is 0. The van der Waals surface area contributed by atoms with Gasteiger partial charge in [0, 0.05) is 17.5 Å². The highest BCUT2D eigenvalue weighted by Crippen LogP contribution is 2.33. The van der Waals surface area contributed by atoms with E-state index in [0.29, 0.717) is 11.0 Å². The number of aliphatic carboxylic acids is 1. The summed E-state index contributed by atoms with van der Waals surface area (Å²) in [5.74, 6) is -1.70. The van der Waals surface area contributed by atoms with Crippen molar-refractivity contribution in [2.24, 2.45) is 5.10 Å². The number of thioether (sulfide) groups is 1. The van der Waals surface area contributed by atoms with Crippen molar-refractivity contribution in [1.82, 2.24) is 14.9 Å². The van der Waals surface area contributed by atoms with Crippen LogP contribution in [0.4, 0.5) is 8.78 Å². The van der Waals surface area contributed by atoms with Gasteiger partial charge in [-0.3, -0.25) is 4.79 Å². The van der Waals surface area contributed by atoms with Crippen LogP contribution in [-0.4, -0.2) is 37.9 Å². The zero-order chi connectivity index (χ0) is 18.5. The number of nitrogens with zero attached hydrogens (tertiary/aromatic N) is 4. The van der Waals surface area contributed by atoms with Gasteiger partial charge in [0.25, 0.3) is 0 Å². The fourth-order valence-electron chi connectivity index (χ4n) is 2.94. The maximum Gasteiger partial charge on any atom is 0.313 e. The lowest BCUT2D eigenvalue weighted by atomic mass is 9.89. The molecule has 2 aromatic rings. The highest BCUT2D eigenvalue weighted by Gasteiger charge is 2.24. The van der Waals surface area contributed by atoms with Crippen LogP contribution >= 0.6 is 11.8 Å². The van der Waals surface area contributed by atoms with Crippen LogP contribution < -0.4 is 0 Å². The molecule has 0 saturated heterocycles. The van der Waals surface area contributed by atoms with E-state index in [4.69, 9.17) is 5.11 Å². The van der Waals surface area contributed by atoms with Gasteiger partial charge in [-0.1, -0.05) is 31.0 Å². The summed E-state index contributed by atoms with van der Waals surface area (Å²) in [6.45, 7) is 0. The van der Waals surface area contributed by atoms with Gasteiger partial charge in [0.05, 0.1) is 12.0 Å². The average Bonchev–Trinajstić information content (AvgIpc) is 3.03. The van der Waals surface area contributed by atoms with E-state index >= 15 is 0 Å². The van der Waals surface area contributed by atoms with Crippen LogP contribution in [0.25, 0.3) is 0 Å². The smallest absolute Gasteiger partial charge is 0.313 e. The largest absolute Gasteiger partial charge is 0.481 e. The Morgan fingerprint density at radius 2 is 2.08 bits per heavy atom. The molecule has 0 unspecified atom stereocenters. The lowest BCUT2D eigenvalue weighted by Gasteiger charge is -2.20. The summed E-state index contributed by atoms with van der Waals surface area (Å²) < 4.78 is 28.4. The average molecular weight is 380 g/mol. The van der Waals surface area contributed by atoms with Crippen LogP contribution in [0.5, 0.6) is 0 Å². The first-order valence-electron chi connectivity index (χ1n) is 8.34. The number of aromatic nitrogens is 3. The first-order chi connectivity index (χ1) is 12.5. The molecule has 1 aromatic carbocycles. The molecule has 1 aliphatic rings. The van der Waals surface area contributed by atoms with Crippen molar-refractivity contribution in [2.75, 3.05) is 5.75 Å². The Morgan fingerprint density at radius 3 is 2.77 bits per heavy atom. The van der Waals surface area contributed by atoms with Gasteiger partial charge in [0.2, 0.25) is 5.16 Å². The molecule has 0 atom stereocenters. The van der Waals surface area contributed by atoms with Gasteiger partial charge in [-0.05, 0) is 25.0 Å². The zero-order valence-electron chi connectivity index (χ0n) is 13.9. The molecule has 26 heavy (non-hydrogen) atoms. The number of benzene rings is 1. The molecule has 9 heteroatoms. The summed E-state index contributed by atoms with van der Waals surface area (Å²) in [5, 5.41) is 21.8. The fourth-order valence-corrected chi connectivity index (χ4v) is 3.56. The molecule has 1 aromatic heterocycles. The van der Waals surface area contributed by atoms with Crippen LogP contribution in [0.15, 0.2) is 28.5 Å². The number of hydrogen-bond donors (Lipinski definition) is 1. The second kappa shape index (κ2) is 8.39. The fraction of sp³-hybridized carbons (Fsp3) is 0.412. The van der Waals surface area contributed by atoms with E-state index in [1.54, 1.807) is 0 Å². The van der Waals surface area contributed by atoms with E-state index in [1.807, 2.05) is 0 Å². The monoisotopic (exact) mass is 380 g/mol. The van der Waals surface area contributed by atoms with Crippen molar-refractivity contribution in [1.29, 1.82) is 0 Å². The van der Waals surface area contributed by atoms with Gasteiger partial charge >= 0.3 is 5.97 Å². The van der Waals surface area contributed by atoms with E-state index in [-0.39, 0.29) is 17.2 Å². The van der Waals surface area contributed by atoms with E-state index in [0.717, 1.165) is 49.6 Å². The molecule has 0 bridgehead atoms. The van der Waals surface area contributed by atoms with Crippen molar-refractivity contribution in [3.05, 3.63) is 41.2 Å². The normalized spacial score (nSPS) is 15.6. The number of hydrogen-bond acceptors (Lipinski definition) is 5. The predicted molar refractivity (Wildman–Crippen MR) is 93.6 cm³/mol. The molecule has 3 rings (SSSR count). The Kier molecular flexibility index (Phi) is 5.97. The number of rotatable bonds is 6. The van der Waals surface area contributed by atoms with E-state index in [1.165, 1.54) is 23.4 Å². The van der Waals surface area contributed by atoms with Crippen molar-refractivity contribution in [2.45, 2.75) is 43.2 Å². The SMILES string of the molecule is O=C(O)CSc1nnc(C2CCCCC2)n1/N=C\c1ccc(F)cc1F. The van der Waals surface area contributed by atoms with Crippen molar-refractivity contribution in [3.8, 4) is 0 Å². The highest BCUT2D eigenvalue weighted by molar-refractivity contribution is 7.99. The quantitative estimate of drug-likeness (QED) is 0.611. The molecule has 1 heterocycles. The Balaban J connectivity index is 1.91. The predicted octanol–water partition coefficient (Wildman–Crippen LogP) is 3.66. The molecule has 1 N–H and O–H groups in total. The molecule has 0 radical (unpaired) electrons. The topological polar surface area (TPSA) is 80.4 Å². The van der Waals surface area contributed by atoms with Crippen LogP contribution in [0.3, 0.4) is 0 Å². The molecule has 0 amide bonds. The Morgan fingerprint density at radius 1 is 1.31 bits per heavy atom. The second-order valence-corrected chi connectivity index (χ2v) is 7.02. The van der Waals surface area contributed by atoms with E-state index < -0.39 is 17.6 Å². The van der Waals surface area contributed by atoms with Gasteiger partial charge in [-0.15, -0.1) is 10.2 Å². The van der Waals surface area contributed by atoms with Crippen molar-refractivity contribution in [3.63, 3.8) is 0 Å². The highest BCUT2D eigenvalue weighted by atomic mass is 32.2. The van der Waals surface area contributed by atoms with Crippen LogP contribution in [0.2, 0.25) is 0 Å². The van der Waals surface area contributed by atoms with Gasteiger partial charge in [-0.25, -0.2) is 8.78 Å². The first kappa shape index (κ1) is 18.5. The molecule has 1 saturated carbocycles. The third-order valence-corrected chi connectivity index (χ3v) is 5.11. The Hall–Kier alpha value is -2.29. The lowest BCUT2D eigenvalue weighted by Crippen LogP contribution is -2.11. The molecule has 0 spiro atoms. The third-order valence-electron chi connectivity index (χ3n) is 4.21. The number of halogens is 2. The zero-order valence-corrected chi connectivity index (χ0v) is 14.8. The molecule has 138 valence electrons. The molecular formula is C17H18F2N4O2S. The number of carbonyl (C=O) groups is 1. The summed E-state index contributed by atoms with van der Waals surface area (Å²) in [6.07, 6.45) is 6.55. The van der Waals surface area contributed by atoms with Gasteiger partial charge in [0.1, 0.15) is 11.6 Å². The second-order valence-electron chi connectivity index (χ2n) is 6.08. The summed E-state index contributed by atoms with van der Waals surface area (Å²) in [5.41, 5.74) is 0.129. The molecular weight excluding hydrogens is 362 g/mol. The summed E-state index contributed by atoms with van der Waals surface area (Å²) >= 11 is 1.00. The number of carboxylic acid groups (broad SMARTS) is 1. The Bertz CT molecular complexity index is 819.